The lowest BCUT2D eigenvalue weighted by Gasteiger charge is -2.26. The molecule has 0 atom stereocenters. The average molecular weight is 535 g/mol. The Balaban J connectivity index is 1.52. The molecule has 8 heteroatoms. The summed E-state index contributed by atoms with van der Waals surface area (Å²) in [5.41, 5.74) is 1.80. The number of halogens is 1. The first-order valence-electron chi connectivity index (χ1n) is 11.1. The van der Waals surface area contributed by atoms with Gasteiger partial charge in [0, 0.05) is 0 Å². The van der Waals surface area contributed by atoms with Gasteiger partial charge in [0.05, 0.1) is 16.8 Å². The molecule has 1 fully saturated rings. The Hall–Kier alpha value is -3.91. The van der Waals surface area contributed by atoms with Crippen molar-refractivity contribution in [2.45, 2.75) is 20.0 Å². The molecule has 1 aliphatic heterocycles. The van der Waals surface area contributed by atoms with Crippen LogP contribution in [0.15, 0.2) is 82.8 Å². The summed E-state index contributed by atoms with van der Waals surface area (Å²) in [4.78, 5) is 39.0. The zero-order chi connectivity index (χ0) is 24.8. The van der Waals surface area contributed by atoms with Crippen molar-refractivity contribution in [2.24, 2.45) is 0 Å². The molecule has 7 nitrogen and oxygen atoms in total. The average Bonchev–Trinajstić information content (AvgIpc) is 2.86. The topological polar surface area (TPSA) is 84.9 Å². The van der Waals surface area contributed by atoms with Gasteiger partial charge in [0.2, 0.25) is 0 Å². The van der Waals surface area contributed by atoms with Crippen LogP contribution in [0.1, 0.15) is 24.5 Å². The second kappa shape index (κ2) is 11.0. The van der Waals surface area contributed by atoms with Crippen LogP contribution >= 0.6 is 15.9 Å². The van der Waals surface area contributed by atoms with Crippen LogP contribution in [-0.2, 0) is 16.2 Å². The van der Waals surface area contributed by atoms with Crippen LogP contribution in [0.3, 0.4) is 0 Å². The predicted octanol–water partition coefficient (Wildman–Crippen LogP) is 5.48. The highest BCUT2D eigenvalue weighted by Gasteiger charge is 2.36. The van der Waals surface area contributed by atoms with E-state index in [1.165, 1.54) is 6.08 Å². The summed E-state index contributed by atoms with van der Waals surface area (Å²) < 4.78 is 12.1. The number of rotatable bonds is 8. The van der Waals surface area contributed by atoms with Gasteiger partial charge >= 0.3 is 6.03 Å². The number of imide groups is 2. The summed E-state index contributed by atoms with van der Waals surface area (Å²) in [7, 11) is 0. The highest BCUT2D eigenvalue weighted by molar-refractivity contribution is 9.10. The van der Waals surface area contributed by atoms with Crippen molar-refractivity contribution < 1.29 is 23.9 Å². The lowest BCUT2D eigenvalue weighted by Crippen LogP contribution is -2.54. The van der Waals surface area contributed by atoms with Crippen LogP contribution in [0.2, 0.25) is 0 Å². The number of nitrogens with one attached hydrogen (secondary N) is 1. The van der Waals surface area contributed by atoms with Gasteiger partial charge in [0.25, 0.3) is 11.8 Å². The van der Waals surface area contributed by atoms with E-state index in [2.05, 4.69) is 21.2 Å². The van der Waals surface area contributed by atoms with Gasteiger partial charge in [-0.15, -0.1) is 0 Å². The molecule has 0 aromatic heterocycles. The minimum atomic E-state index is -0.806. The minimum Gasteiger partial charge on any atom is -0.492 e. The van der Waals surface area contributed by atoms with Gasteiger partial charge < -0.3 is 9.47 Å². The number of urea groups is 1. The van der Waals surface area contributed by atoms with Crippen LogP contribution in [0.25, 0.3) is 6.08 Å². The number of benzene rings is 3. The summed E-state index contributed by atoms with van der Waals surface area (Å²) in [6, 6.07) is 20.7. The Bertz CT molecular complexity index is 1270. The monoisotopic (exact) mass is 534 g/mol. The molecule has 0 saturated carbocycles. The van der Waals surface area contributed by atoms with Crippen molar-refractivity contribution in [3.63, 3.8) is 0 Å². The molecule has 4 amide bonds. The van der Waals surface area contributed by atoms with E-state index < -0.39 is 17.8 Å². The Morgan fingerprint density at radius 1 is 0.943 bits per heavy atom. The van der Waals surface area contributed by atoms with Crippen molar-refractivity contribution in [1.82, 2.24) is 5.32 Å². The molecule has 1 heterocycles. The fourth-order valence-electron chi connectivity index (χ4n) is 3.43. The molecule has 1 aliphatic rings. The van der Waals surface area contributed by atoms with E-state index >= 15 is 0 Å². The SMILES string of the molecule is CCCOc1ccc(/C=C2\C(=O)NC(=O)N(c3ccc(OCc4ccccc4)cc3)C2=O)cc1Br. The second-order valence-corrected chi connectivity index (χ2v) is 8.62. The van der Waals surface area contributed by atoms with Gasteiger partial charge in [-0.2, -0.15) is 0 Å². The van der Waals surface area contributed by atoms with Crippen LogP contribution in [0.5, 0.6) is 11.5 Å². The van der Waals surface area contributed by atoms with E-state index in [0.29, 0.717) is 40.4 Å². The Morgan fingerprint density at radius 3 is 2.37 bits per heavy atom. The predicted molar refractivity (Wildman–Crippen MR) is 136 cm³/mol. The number of nitrogens with zero attached hydrogens (tertiary/aromatic N) is 1. The maximum atomic E-state index is 13.1. The highest BCUT2D eigenvalue weighted by Crippen LogP contribution is 2.29. The van der Waals surface area contributed by atoms with E-state index in [1.54, 1.807) is 42.5 Å². The van der Waals surface area contributed by atoms with E-state index in [4.69, 9.17) is 9.47 Å². The van der Waals surface area contributed by atoms with Gasteiger partial charge in [-0.3, -0.25) is 14.9 Å². The molecular formula is C27H23BrN2O5. The molecule has 4 rings (SSSR count). The largest absolute Gasteiger partial charge is 0.492 e. The van der Waals surface area contributed by atoms with Gasteiger partial charge in [-0.25, -0.2) is 9.69 Å². The number of carbonyl (C=O) groups excluding carboxylic acids is 3. The molecular weight excluding hydrogens is 512 g/mol. The van der Waals surface area contributed by atoms with Crippen LogP contribution < -0.4 is 19.7 Å². The Labute approximate surface area is 211 Å². The van der Waals surface area contributed by atoms with Crippen molar-refractivity contribution in [2.75, 3.05) is 11.5 Å². The molecule has 0 radical (unpaired) electrons. The molecule has 35 heavy (non-hydrogen) atoms. The number of anilines is 1. The maximum Gasteiger partial charge on any atom is 0.335 e. The minimum absolute atomic E-state index is 0.150. The van der Waals surface area contributed by atoms with Crippen LogP contribution in [0, 0.1) is 0 Å². The fourth-order valence-corrected chi connectivity index (χ4v) is 3.94. The summed E-state index contributed by atoms with van der Waals surface area (Å²) in [5.74, 6) is -0.204. The third-order valence-corrected chi connectivity index (χ3v) is 5.79. The summed E-state index contributed by atoms with van der Waals surface area (Å²) in [6.45, 7) is 2.98. The lowest BCUT2D eigenvalue weighted by atomic mass is 10.1. The quantitative estimate of drug-likeness (QED) is 0.305. The zero-order valence-electron chi connectivity index (χ0n) is 19.0. The summed E-state index contributed by atoms with van der Waals surface area (Å²) in [6.07, 6.45) is 2.32. The summed E-state index contributed by atoms with van der Waals surface area (Å²) in [5, 5.41) is 2.24. The zero-order valence-corrected chi connectivity index (χ0v) is 20.6. The highest BCUT2D eigenvalue weighted by atomic mass is 79.9. The first-order chi connectivity index (χ1) is 17.0. The van der Waals surface area contributed by atoms with Crippen molar-refractivity contribution in [1.29, 1.82) is 0 Å². The maximum absolute atomic E-state index is 13.1. The Morgan fingerprint density at radius 2 is 1.69 bits per heavy atom. The number of hydrogen-bond donors (Lipinski definition) is 1. The number of ether oxygens (including phenoxy) is 2. The third-order valence-electron chi connectivity index (χ3n) is 5.17. The normalized spacial score (nSPS) is 14.7. The number of carbonyl (C=O) groups is 3. The van der Waals surface area contributed by atoms with E-state index in [1.807, 2.05) is 37.3 Å². The fraction of sp³-hybridized carbons (Fsp3) is 0.148. The van der Waals surface area contributed by atoms with Gasteiger partial charge in [0.1, 0.15) is 23.7 Å². The van der Waals surface area contributed by atoms with Crippen molar-refractivity contribution in [3.05, 3.63) is 94.0 Å². The number of barbiturate groups is 1. The molecule has 3 aromatic rings. The molecule has 0 unspecified atom stereocenters. The molecule has 0 spiro atoms. The van der Waals surface area contributed by atoms with Crippen molar-refractivity contribution >= 4 is 45.5 Å². The molecule has 0 bridgehead atoms. The van der Waals surface area contributed by atoms with E-state index in [0.717, 1.165) is 16.9 Å². The molecule has 0 aliphatic carbocycles. The van der Waals surface area contributed by atoms with E-state index in [9.17, 15) is 14.4 Å². The first-order valence-corrected chi connectivity index (χ1v) is 11.9. The summed E-state index contributed by atoms with van der Waals surface area (Å²) >= 11 is 3.45. The number of hydrogen-bond acceptors (Lipinski definition) is 5. The Kier molecular flexibility index (Phi) is 7.62. The molecule has 1 saturated heterocycles. The third kappa shape index (κ3) is 5.78. The van der Waals surface area contributed by atoms with Gasteiger partial charge in [-0.1, -0.05) is 43.3 Å². The van der Waals surface area contributed by atoms with Gasteiger partial charge in [-0.05, 0) is 76.0 Å². The van der Waals surface area contributed by atoms with Gasteiger partial charge in [0.15, 0.2) is 0 Å². The molecule has 1 N–H and O–H groups in total. The van der Waals surface area contributed by atoms with Crippen LogP contribution in [0.4, 0.5) is 10.5 Å². The standard InChI is InChI=1S/C27H23BrN2O5/c1-2-14-34-24-13-8-19(16-23(24)28)15-22-25(31)29-27(33)30(26(22)32)20-9-11-21(12-10-20)35-17-18-6-4-3-5-7-18/h3-13,15-16H,2,14,17H2,1H3,(H,29,31,33)/b22-15+. The smallest absolute Gasteiger partial charge is 0.335 e. The molecule has 3 aromatic carbocycles. The number of amides is 4. The van der Waals surface area contributed by atoms with Crippen LogP contribution in [-0.4, -0.2) is 24.5 Å². The lowest BCUT2D eigenvalue weighted by molar-refractivity contribution is -0.122. The van der Waals surface area contributed by atoms with Crippen molar-refractivity contribution in [3.8, 4) is 11.5 Å². The second-order valence-electron chi connectivity index (χ2n) is 7.76. The molecule has 178 valence electrons. The first kappa shape index (κ1) is 24.2. The van der Waals surface area contributed by atoms with E-state index in [-0.39, 0.29) is 5.57 Å².